The van der Waals surface area contributed by atoms with E-state index in [2.05, 4.69) is 43.6 Å². The van der Waals surface area contributed by atoms with Gasteiger partial charge < -0.3 is 5.32 Å². The second-order valence-electron chi connectivity index (χ2n) is 5.31. The van der Waals surface area contributed by atoms with Crippen molar-refractivity contribution in [3.8, 4) is 0 Å². The van der Waals surface area contributed by atoms with Crippen molar-refractivity contribution in [2.45, 2.75) is 51.5 Å². The first-order chi connectivity index (χ1) is 8.35. The minimum absolute atomic E-state index is 0.711. The van der Waals surface area contributed by atoms with Gasteiger partial charge in [-0.2, -0.15) is 0 Å². The lowest BCUT2D eigenvalue weighted by Crippen LogP contribution is -2.36. The summed E-state index contributed by atoms with van der Waals surface area (Å²) in [6.45, 7) is 2.28. The van der Waals surface area contributed by atoms with Crippen LogP contribution in [0.4, 0.5) is 0 Å². The van der Waals surface area contributed by atoms with Gasteiger partial charge >= 0.3 is 0 Å². The van der Waals surface area contributed by atoms with Crippen LogP contribution in [0.15, 0.2) is 24.3 Å². The lowest BCUT2D eigenvalue weighted by Gasteiger charge is -2.31. The number of hydrogen-bond acceptors (Lipinski definition) is 1. The van der Waals surface area contributed by atoms with E-state index in [1.165, 1.54) is 38.5 Å². The SMILES string of the molecule is CCCCC(NC)C1CCc2ccccc2C1. The molecule has 0 saturated carbocycles. The van der Waals surface area contributed by atoms with Gasteiger partial charge in [0.15, 0.2) is 0 Å². The fourth-order valence-electron chi connectivity index (χ4n) is 3.11. The van der Waals surface area contributed by atoms with Crippen molar-refractivity contribution in [2.24, 2.45) is 5.92 Å². The highest BCUT2D eigenvalue weighted by atomic mass is 14.9. The summed E-state index contributed by atoms with van der Waals surface area (Å²) in [6, 6.07) is 9.68. The van der Waals surface area contributed by atoms with Crippen molar-refractivity contribution >= 4 is 0 Å². The summed E-state index contributed by atoms with van der Waals surface area (Å²) in [5.74, 6) is 0.835. The van der Waals surface area contributed by atoms with Crippen LogP contribution in [0.2, 0.25) is 0 Å². The van der Waals surface area contributed by atoms with Gasteiger partial charge in [0, 0.05) is 6.04 Å². The minimum Gasteiger partial charge on any atom is -0.317 e. The molecule has 0 spiro atoms. The Balaban J connectivity index is 2.00. The number of unbranched alkanes of at least 4 members (excludes halogenated alkanes) is 1. The molecule has 2 unspecified atom stereocenters. The van der Waals surface area contributed by atoms with Crippen molar-refractivity contribution in [2.75, 3.05) is 7.05 Å². The van der Waals surface area contributed by atoms with Crippen LogP contribution in [0.5, 0.6) is 0 Å². The van der Waals surface area contributed by atoms with Crippen LogP contribution >= 0.6 is 0 Å². The molecular weight excluding hydrogens is 206 g/mol. The summed E-state index contributed by atoms with van der Waals surface area (Å²) in [5.41, 5.74) is 3.16. The lowest BCUT2D eigenvalue weighted by atomic mass is 9.79. The number of fused-ring (bicyclic) bond motifs is 1. The molecule has 1 N–H and O–H groups in total. The molecule has 0 aliphatic heterocycles. The van der Waals surface area contributed by atoms with Crippen LogP contribution in [0.1, 0.15) is 43.7 Å². The molecule has 0 radical (unpaired) electrons. The summed E-state index contributed by atoms with van der Waals surface area (Å²) in [6.07, 6.45) is 7.88. The molecule has 2 rings (SSSR count). The highest BCUT2D eigenvalue weighted by molar-refractivity contribution is 5.29. The highest BCUT2D eigenvalue weighted by Crippen LogP contribution is 2.28. The van der Waals surface area contributed by atoms with Crippen LogP contribution < -0.4 is 5.32 Å². The van der Waals surface area contributed by atoms with Gasteiger partial charge in [-0.15, -0.1) is 0 Å². The highest BCUT2D eigenvalue weighted by Gasteiger charge is 2.24. The van der Waals surface area contributed by atoms with Gasteiger partial charge in [0.05, 0.1) is 0 Å². The second kappa shape index (κ2) is 6.20. The fourth-order valence-corrected chi connectivity index (χ4v) is 3.11. The second-order valence-corrected chi connectivity index (χ2v) is 5.31. The summed E-state index contributed by atoms with van der Waals surface area (Å²) in [4.78, 5) is 0. The van der Waals surface area contributed by atoms with Crippen molar-refractivity contribution in [1.29, 1.82) is 0 Å². The molecule has 17 heavy (non-hydrogen) atoms. The predicted molar refractivity (Wildman–Crippen MR) is 74.3 cm³/mol. The minimum atomic E-state index is 0.711. The molecule has 0 heterocycles. The maximum atomic E-state index is 3.54. The van der Waals surface area contributed by atoms with Crippen molar-refractivity contribution in [1.82, 2.24) is 5.32 Å². The van der Waals surface area contributed by atoms with E-state index >= 15 is 0 Å². The quantitative estimate of drug-likeness (QED) is 0.817. The largest absolute Gasteiger partial charge is 0.317 e. The summed E-state index contributed by atoms with van der Waals surface area (Å²) in [5, 5.41) is 3.54. The normalized spacial score (nSPS) is 20.9. The molecule has 0 aromatic heterocycles. The van der Waals surface area contributed by atoms with Gasteiger partial charge in [0.2, 0.25) is 0 Å². The van der Waals surface area contributed by atoms with Crippen LogP contribution in [-0.2, 0) is 12.8 Å². The van der Waals surface area contributed by atoms with Crippen LogP contribution in [0.25, 0.3) is 0 Å². The summed E-state index contributed by atoms with van der Waals surface area (Å²) in [7, 11) is 2.13. The third kappa shape index (κ3) is 3.10. The number of hydrogen-bond donors (Lipinski definition) is 1. The van der Waals surface area contributed by atoms with Gasteiger partial charge in [0.1, 0.15) is 0 Å². The lowest BCUT2D eigenvalue weighted by molar-refractivity contribution is 0.314. The third-order valence-corrected chi connectivity index (χ3v) is 4.19. The van der Waals surface area contributed by atoms with Crippen molar-refractivity contribution in [3.05, 3.63) is 35.4 Å². The van der Waals surface area contributed by atoms with Gasteiger partial charge in [-0.1, -0.05) is 44.0 Å². The average molecular weight is 231 g/mol. The van der Waals surface area contributed by atoms with E-state index in [9.17, 15) is 0 Å². The maximum Gasteiger partial charge on any atom is 0.00956 e. The summed E-state index contributed by atoms with van der Waals surface area (Å²) < 4.78 is 0. The number of benzene rings is 1. The zero-order valence-electron chi connectivity index (χ0n) is 11.2. The van der Waals surface area contributed by atoms with E-state index in [0.29, 0.717) is 6.04 Å². The Morgan fingerprint density at radius 1 is 1.29 bits per heavy atom. The average Bonchev–Trinajstić information content (AvgIpc) is 2.39. The Hall–Kier alpha value is -0.820. The Labute approximate surface area is 106 Å². The van der Waals surface area contributed by atoms with E-state index < -0.39 is 0 Å². The molecule has 0 amide bonds. The van der Waals surface area contributed by atoms with E-state index in [0.717, 1.165) is 5.92 Å². The molecule has 0 saturated heterocycles. The Morgan fingerprint density at radius 3 is 2.76 bits per heavy atom. The smallest absolute Gasteiger partial charge is 0.00956 e. The van der Waals surface area contributed by atoms with E-state index in [-0.39, 0.29) is 0 Å². The molecular formula is C16H25N. The first-order valence-electron chi connectivity index (χ1n) is 7.09. The number of nitrogens with one attached hydrogen (secondary N) is 1. The molecule has 0 bridgehead atoms. The van der Waals surface area contributed by atoms with Crippen LogP contribution in [0.3, 0.4) is 0 Å². The van der Waals surface area contributed by atoms with Gasteiger partial charge in [0.25, 0.3) is 0 Å². The van der Waals surface area contributed by atoms with Gasteiger partial charge in [-0.25, -0.2) is 0 Å². The molecule has 0 fully saturated rings. The monoisotopic (exact) mass is 231 g/mol. The third-order valence-electron chi connectivity index (χ3n) is 4.19. The predicted octanol–water partition coefficient (Wildman–Crippen LogP) is 3.57. The van der Waals surface area contributed by atoms with Crippen LogP contribution in [-0.4, -0.2) is 13.1 Å². The fraction of sp³-hybridized carbons (Fsp3) is 0.625. The first-order valence-corrected chi connectivity index (χ1v) is 7.09. The Kier molecular flexibility index (Phi) is 4.61. The van der Waals surface area contributed by atoms with Crippen molar-refractivity contribution in [3.63, 3.8) is 0 Å². The molecule has 1 aliphatic carbocycles. The molecule has 1 aromatic rings. The first kappa shape index (κ1) is 12.6. The molecule has 1 heteroatoms. The Bertz CT molecular complexity index is 345. The molecule has 2 atom stereocenters. The molecule has 1 nitrogen and oxygen atoms in total. The molecule has 94 valence electrons. The standard InChI is InChI=1S/C16H25N/c1-3-4-9-16(17-2)15-11-10-13-7-5-6-8-14(13)12-15/h5-8,15-17H,3-4,9-12H2,1-2H3. The topological polar surface area (TPSA) is 12.0 Å². The maximum absolute atomic E-state index is 3.54. The van der Waals surface area contributed by atoms with E-state index in [1.807, 2.05) is 0 Å². The molecule has 1 aliphatic rings. The Morgan fingerprint density at radius 2 is 2.06 bits per heavy atom. The zero-order chi connectivity index (χ0) is 12.1. The van der Waals surface area contributed by atoms with Gasteiger partial charge in [-0.05, 0) is 49.8 Å². The number of rotatable bonds is 5. The van der Waals surface area contributed by atoms with Gasteiger partial charge in [-0.3, -0.25) is 0 Å². The van der Waals surface area contributed by atoms with Crippen LogP contribution in [0, 0.1) is 5.92 Å². The number of aryl methyl sites for hydroxylation is 1. The van der Waals surface area contributed by atoms with E-state index in [1.54, 1.807) is 11.1 Å². The zero-order valence-corrected chi connectivity index (χ0v) is 11.2. The van der Waals surface area contributed by atoms with E-state index in [4.69, 9.17) is 0 Å². The summed E-state index contributed by atoms with van der Waals surface area (Å²) >= 11 is 0. The molecule has 1 aromatic carbocycles. The van der Waals surface area contributed by atoms with Crippen molar-refractivity contribution < 1.29 is 0 Å².